The monoisotopic (exact) mass is 384 g/mol. The van der Waals surface area contributed by atoms with E-state index in [4.69, 9.17) is 9.47 Å². The standard InChI is InChI=1S/C22H28N2O4/c1-14(2)12-16-6-8-17(9-7-16)21(25)23-24-22(26)18-10-11-19(28-15(3)4)20(13-18)27-5/h6-11,13-15H,12H2,1-5H3,(H,23,25)(H,24,26). The maximum Gasteiger partial charge on any atom is 0.269 e. The average Bonchev–Trinajstić information content (AvgIpc) is 2.65. The normalized spacial score (nSPS) is 10.7. The molecule has 2 rings (SSSR count). The third-order valence-corrected chi connectivity index (χ3v) is 3.94. The van der Waals surface area contributed by atoms with Gasteiger partial charge in [-0.3, -0.25) is 20.4 Å². The lowest BCUT2D eigenvalue weighted by atomic mass is 10.0. The highest BCUT2D eigenvalue weighted by Gasteiger charge is 2.13. The first-order valence-electron chi connectivity index (χ1n) is 9.34. The highest BCUT2D eigenvalue weighted by atomic mass is 16.5. The zero-order chi connectivity index (χ0) is 20.7. The van der Waals surface area contributed by atoms with Crippen LogP contribution in [0.2, 0.25) is 0 Å². The number of carbonyl (C=O) groups excluding carboxylic acids is 2. The molecule has 0 atom stereocenters. The van der Waals surface area contributed by atoms with Gasteiger partial charge in [0.05, 0.1) is 13.2 Å². The lowest BCUT2D eigenvalue weighted by molar-refractivity contribution is 0.0846. The molecule has 6 heteroatoms. The number of nitrogens with one attached hydrogen (secondary N) is 2. The Hall–Kier alpha value is -3.02. The van der Waals surface area contributed by atoms with Gasteiger partial charge in [0.15, 0.2) is 11.5 Å². The maximum absolute atomic E-state index is 12.3. The van der Waals surface area contributed by atoms with E-state index >= 15 is 0 Å². The van der Waals surface area contributed by atoms with Crippen molar-refractivity contribution in [3.05, 3.63) is 59.2 Å². The van der Waals surface area contributed by atoms with Gasteiger partial charge in [-0.15, -0.1) is 0 Å². The summed E-state index contributed by atoms with van der Waals surface area (Å²) in [5.41, 5.74) is 6.85. The van der Waals surface area contributed by atoms with E-state index in [0.717, 1.165) is 6.42 Å². The van der Waals surface area contributed by atoms with Crippen molar-refractivity contribution in [2.75, 3.05) is 7.11 Å². The molecular weight excluding hydrogens is 356 g/mol. The summed E-state index contributed by atoms with van der Waals surface area (Å²) >= 11 is 0. The predicted octanol–water partition coefficient (Wildman–Crippen LogP) is 3.76. The fraction of sp³-hybridized carbons (Fsp3) is 0.364. The van der Waals surface area contributed by atoms with Crippen LogP contribution in [0.25, 0.3) is 0 Å². The number of hydrogen-bond acceptors (Lipinski definition) is 4. The minimum atomic E-state index is -0.445. The molecule has 2 N–H and O–H groups in total. The molecule has 150 valence electrons. The molecule has 2 amide bonds. The molecule has 0 fully saturated rings. The van der Waals surface area contributed by atoms with Crippen LogP contribution < -0.4 is 20.3 Å². The molecule has 0 bridgehead atoms. The van der Waals surface area contributed by atoms with E-state index in [-0.39, 0.29) is 12.0 Å². The van der Waals surface area contributed by atoms with E-state index < -0.39 is 5.91 Å². The van der Waals surface area contributed by atoms with Crippen LogP contribution in [-0.2, 0) is 6.42 Å². The minimum absolute atomic E-state index is 0.0141. The van der Waals surface area contributed by atoms with Crippen LogP contribution >= 0.6 is 0 Å². The lowest BCUT2D eigenvalue weighted by Crippen LogP contribution is -2.41. The van der Waals surface area contributed by atoms with Crippen LogP contribution in [-0.4, -0.2) is 25.0 Å². The SMILES string of the molecule is COc1cc(C(=O)NNC(=O)c2ccc(CC(C)C)cc2)ccc1OC(C)C. The van der Waals surface area contributed by atoms with Crippen LogP contribution in [0, 0.1) is 5.92 Å². The Balaban J connectivity index is 1.98. The molecule has 0 saturated heterocycles. The molecule has 6 nitrogen and oxygen atoms in total. The number of benzene rings is 2. The molecular formula is C22H28N2O4. The highest BCUT2D eigenvalue weighted by Crippen LogP contribution is 2.28. The quantitative estimate of drug-likeness (QED) is 0.713. The topological polar surface area (TPSA) is 76.7 Å². The number of amides is 2. The third kappa shape index (κ3) is 6.01. The van der Waals surface area contributed by atoms with E-state index in [1.807, 2.05) is 26.0 Å². The van der Waals surface area contributed by atoms with Gasteiger partial charge >= 0.3 is 0 Å². The molecule has 0 aliphatic carbocycles. The molecule has 28 heavy (non-hydrogen) atoms. The van der Waals surface area contributed by atoms with Crippen LogP contribution in [0.15, 0.2) is 42.5 Å². The smallest absolute Gasteiger partial charge is 0.269 e. The molecule has 0 aromatic heterocycles. The van der Waals surface area contributed by atoms with E-state index in [2.05, 4.69) is 24.7 Å². The molecule has 0 aliphatic rings. The number of rotatable bonds is 7. The summed E-state index contributed by atoms with van der Waals surface area (Å²) in [5, 5.41) is 0. The third-order valence-electron chi connectivity index (χ3n) is 3.94. The van der Waals surface area contributed by atoms with Crippen molar-refractivity contribution in [2.24, 2.45) is 5.92 Å². The average molecular weight is 384 g/mol. The molecule has 0 spiro atoms. The largest absolute Gasteiger partial charge is 0.493 e. The summed E-state index contributed by atoms with van der Waals surface area (Å²) < 4.78 is 10.9. The lowest BCUT2D eigenvalue weighted by Gasteiger charge is -2.14. The highest BCUT2D eigenvalue weighted by molar-refractivity contribution is 5.99. The van der Waals surface area contributed by atoms with Gasteiger partial charge in [-0.05, 0) is 62.1 Å². The summed E-state index contributed by atoms with van der Waals surface area (Å²) in [6.45, 7) is 8.11. The molecule has 0 saturated carbocycles. The van der Waals surface area contributed by atoms with Crippen LogP contribution in [0.1, 0.15) is 54.0 Å². The predicted molar refractivity (Wildman–Crippen MR) is 109 cm³/mol. The Kier molecular flexibility index (Phi) is 7.44. The van der Waals surface area contributed by atoms with Gasteiger partial charge in [-0.2, -0.15) is 0 Å². The number of carbonyl (C=O) groups is 2. The van der Waals surface area contributed by atoms with E-state index in [1.54, 1.807) is 30.3 Å². The van der Waals surface area contributed by atoms with E-state index in [1.165, 1.54) is 12.7 Å². The van der Waals surface area contributed by atoms with Gasteiger partial charge in [0.1, 0.15) is 0 Å². The van der Waals surface area contributed by atoms with E-state index in [0.29, 0.717) is 28.5 Å². The number of methoxy groups -OCH3 is 1. The van der Waals surface area contributed by atoms with E-state index in [9.17, 15) is 9.59 Å². The number of ether oxygens (including phenoxy) is 2. The van der Waals surface area contributed by atoms with Crippen LogP contribution in [0.5, 0.6) is 11.5 Å². The van der Waals surface area contributed by atoms with Crippen LogP contribution in [0.3, 0.4) is 0 Å². The molecule has 0 unspecified atom stereocenters. The van der Waals surface area contributed by atoms with Crippen molar-refractivity contribution in [2.45, 2.75) is 40.2 Å². The van der Waals surface area contributed by atoms with Gasteiger partial charge in [0.25, 0.3) is 11.8 Å². The van der Waals surface area contributed by atoms with Gasteiger partial charge in [0.2, 0.25) is 0 Å². The number of hydrogen-bond donors (Lipinski definition) is 2. The summed E-state index contributed by atoms with van der Waals surface area (Å²) in [6, 6.07) is 12.2. The van der Waals surface area contributed by atoms with Gasteiger partial charge in [-0.25, -0.2) is 0 Å². The maximum atomic E-state index is 12.3. The van der Waals surface area contributed by atoms with Crippen molar-refractivity contribution >= 4 is 11.8 Å². The first-order chi connectivity index (χ1) is 13.3. The Labute approximate surface area is 166 Å². The summed E-state index contributed by atoms with van der Waals surface area (Å²) in [6.07, 6.45) is 0.941. The Morgan fingerprint density at radius 3 is 1.96 bits per heavy atom. The Morgan fingerprint density at radius 1 is 0.857 bits per heavy atom. The first-order valence-corrected chi connectivity index (χ1v) is 9.34. The van der Waals surface area contributed by atoms with Crippen molar-refractivity contribution in [1.29, 1.82) is 0 Å². The Bertz CT molecular complexity index is 814. The molecule has 0 radical (unpaired) electrons. The summed E-state index contributed by atoms with van der Waals surface area (Å²) in [5.74, 6) is 0.733. The zero-order valence-corrected chi connectivity index (χ0v) is 17.0. The zero-order valence-electron chi connectivity index (χ0n) is 17.0. The van der Waals surface area contributed by atoms with Crippen molar-refractivity contribution in [3.8, 4) is 11.5 Å². The molecule has 0 heterocycles. The second-order valence-corrected chi connectivity index (χ2v) is 7.24. The van der Waals surface area contributed by atoms with Crippen molar-refractivity contribution in [3.63, 3.8) is 0 Å². The number of hydrazine groups is 1. The second kappa shape index (κ2) is 9.78. The molecule has 2 aromatic carbocycles. The molecule has 2 aromatic rings. The second-order valence-electron chi connectivity index (χ2n) is 7.24. The Morgan fingerprint density at radius 2 is 1.43 bits per heavy atom. The van der Waals surface area contributed by atoms with Crippen molar-refractivity contribution in [1.82, 2.24) is 10.9 Å². The fourth-order valence-electron chi connectivity index (χ4n) is 2.68. The van der Waals surface area contributed by atoms with Crippen LogP contribution in [0.4, 0.5) is 0 Å². The van der Waals surface area contributed by atoms with Gasteiger partial charge < -0.3 is 9.47 Å². The fourth-order valence-corrected chi connectivity index (χ4v) is 2.68. The molecule has 0 aliphatic heterocycles. The van der Waals surface area contributed by atoms with Gasteiger partial charge in [0, 0.05) is 11.1 Å². The summed E-state index contributed by atoms with van der Waals surface area (Å²) in [4.78, 5) is 24.6. The first kappa shape index (κ1) is 21.3. The van der Waals surface area contributed by atoms with Gasteiger partial charge in [-0.1, -0.05) is 26.0 Å². The minimum Gasteiger partial charge on any atom is -0.493 e. The summed E-state index contributed by atoms with van der Waals surface area (Å²) in [7, 11) is 1.51. The van der Waals surface area contributed by atoms with Crippen molar-refractivity contribution < 1.29 is 19.1 Å².